The number of rotatable bonds is 8. The lowest BCUT2D eigenvalue weighted by atomic mass is 10.0. The van der Waals surface area contributed by atoms with Crippen molar-refractivity contribution in [2.24, 2.45) is 4.99 Å². The van der Waals surface area contributed by atoms with Crippen LogP contribution in [0.25, 0.3) is 5.57 Å². The van der Waals surface area contributed by atoms with Gasteiger partial charge in [0, 0.05) is 25.5 Å². The highest BCUT2D eigenvalue weighted by Crippen LogP contribution is 2.23. The van der Waals surface area contributed by atoms with E-state index in [0.717, 1.165) is 23.1 Å². The molecule has 2 nitrogen and oxygen atoms in total. The van der Waals surface area contributed by atoms with Crippen molar-refractivity contribution < 1.29 is 4.39 Å². The lowest BCUT2D eigenvalue weighted by molar-refractivity contribution is 0.628. The molecule has 0 saturated heterocycles. The molecule has 0 spiro atoms. The summed E-state index contributed by atoms with van der Waals surface area (Å²) in [6.45, 7) is 9.48. The standard InChI is InChI=1S/C19H22ClFN2/c1-5-7-17(6-2)23-13-16(10-14(3)12-22-4)15-8-9-19(21)18(20)11-15/h5-6,8-13,17,23H,1-2,7H2,3-4H3. The smallest absolute Gasteiger partial charge is 0.141 e. The molecule has 0 heterocycles. The maximum Gasteiger partial charge on any atom is 0.141 e. The van der Waals surface area contributed by atoms with Gasteiger partial charge >= 0.3 is 0 Å². The SMILES string of the molecule is C=CCC(C=C)NC=C(C=C(C)C=NC)c1ccc(F)c(Cl)c1. The molecule has 0 amide bonds. The van der Waals surface area contributed by atoms with Gasteiger partial charge in [0.05, 0.1) is 5.02 Å². The van der Waals surface area contributed by atoms with Crippen LogP contribution in [0.1, 0.15) is 18.9 Å². The van der Waals surface area contributed by atoms with Crippen molar-refractivity contribution in [3.05, 3.63) is 77.8 Å². The Morgan fingerprint density at radius 3 is 2.74 bits per heavy atom. The van der Waals surface area contributed by atoms with Gasteiger partial charge in [0.15, 0.2) is 0 Å². The third kappa shape index (κ3) is 6.25. The number of hydrogen-bond donors (Lipinski definition) is 1. The molecule has 1 rings (SSSR count). The molecule has 0 fully saturated rings. The molecule has 0 aliphatic carbocycles. The predicted octanol–water partition coefficient (Wildman–Crippen LogP) is 5.19. The van der Waals surface area contributed by atoms with Gasteiger partial charge < -0.3 is 5.32 Å². The van der Waals surface area contributed by atoms with Gasteiger partial charge in [-0.05, 0) is 48.3 Å². The second-order valence-electron chi connectivity index (χ2n) is 5.04. The van der Waals surface area contributed by atoms with E-state index < -0.39 is 5.82 Å². The molecule has 0 radical (unpaired) electrons. The van der Waals surface area contributed by atoms with E-state index in [-0.39, 0.29) is 11.1 Å². The summed E-state index contributed by atoms with van der Waals surface area (Å²) in [6.07, 6.45) is 9.98. The highest BCUT2D eigenvalue weighted by atomic mass is 35.5. The van der Waals surface area contributed by atoms with Crippen LogP contribution in [0.15, 0.2) is 66.4 Å². The Balaban J connectivity index is 3.20. The number of aliphatic imine (C=N–C) groups is 1. The fourth-order valence-corrected chi connectivity index (χ4v) is 2.16. The molecule has 1 aromatic carbocycles. The molecular formula is C19H22ClFN2. The van der Waals surface area contributed by atoms with Crippen molar-refractivity contribution in [3.8, 4) is 0 Å². The van der Waals surface area contributed by atoms with Gasteiger partial charge in [-0.25, -0.2) is 4.39 Å². The van der Waals surface area contributed by atoms with Crippen LogP contribution >= 0.6 is 11.6 Å². The number of nitrogens with one attached hydrogen (secondary N) is 1. The van der Waals surface area contributed by atoms with E-state index in [2.05, 4.69) is 23.5 Å². The van der Waals surface area contributed by atoms with Crippen LogP contribution in [0.4, 0.5) is 4.39 Å². The topological polar surface area (TPSA) is 24.4 Å². The summed E-state index contributed by atoms with van der Waals surface area (Å²) in [5, 5.41) is 3.37. The minimum absolute atomic E-state index is 0.0759. The van der Waals surface area contributed by atoms with Crippen molar-refractivity contribution >= 4 is 23.4 Å². The maximum absolute atomic E-state index is 13.4. The molecule has 1 unspecified atom stereocenters. The van der Waals surface area contributed by atoms with Gasteiger partial charge in [0.2, 0.25) is 0 Å². The van der Waals surface area contributed by atoms with Crippen LogP contribution < -0.4 is 5.32 Å². The third-order valence-electron chi connectivity index (χ3n) is 3.13. The summed E-state index contributed by atoms with van der Waals surface area (Å²) in [4.78, 5) is 4.00. The average molecular weight is 333 g/mol. The van der Waals surface area contributed by atoms with Crippen LogP contribution in [0.2, 0.25) is 5.02 Å². The number of allylic oxidation sites excluding steroid dienone is 3. The Morgan fingerprint density at radius 1 is 1.43 bits per heavy atom. The fraction of sp³-hybridized carbons (Fsp3) is 0.211. The monoisotopic (exact) mass is 332 g/mol. The molecule has 1 atom stereocenters. The molecule has 0 aliphatic heterocycles. The molecule has 23 heavy (non-hydrogen) atoms. The molecule has 4 heteroatoms. The average Bonchev–Trinajstić information content (AvgIpc) is 2.53. The van der Waals surface area contributed by atoms with E-state index in [9.17, 15) is 4.39 Å². The highest BCUT2D eigenvalue weighted by molar-refractivity contribution is 6.30. The highest BCUT2D eigenvalue weighted by Gasteiger charge is 2.06. The van der Waals surface area contributed by atoms with Gasteiger partial charge in [-0.15, -0.1) is 13.2 Å². The van der Waals surface area contributed by atoms with Crippen molar-refractivity contribution in [2.45, 2.75) is 19.4 Å². The zero-order valence-electron chi connectivity index (χ0n) is 13.5. The Hall–Kier alpha value is -2.13. The second-order valence-corrected chi connectivity index (χ2v) is 5.44. The number of hydrogen-bond acceptors (Lipinski definition) is 2. The van der Waals surface area contributed by atoms with E-state index in [4.69, 9.17) is 11.6 Å². The lowest BCUT2D eigenvalue weighted by Gasteiger charge is -2.12. The van der Waals surface area contributed by atoms with Gasteiger partial charge in [-0.2, -0.15) is 0 Å². The van der Waals surface area contributed by atoms with Crippen molar-refractivity contribution in [2.75, 3.05) is 7.05 Å². The fourth-order valence-electron chi connectivity index (χ4n) is 1.98. The van der Waals surface area contributed by atoms with Gasteiger partial charge in [0.1, 0.15) is 5.82 Å². The number of halogens is 2. The predicted molar refractivity (Wildman–Crippen MR) is 99.5 cm³/mol. The normalized spacial score (nSPS) is 13.9. The maximum atomic E-state index is 13.4. The van der Waals surface area contributed by atoms with E-state index >= 15 is 0 Å². The quantitative estimate of drug-likeness (QED) is 0.395. The summed E-state index contributed by atoms with van der Waals surface area (Å²) in [6, 6.07) is 4.73. The van der Waals surface area contributed by atoms with Crippen LogP contribution in [-0.2, 0) is 0 Å². The number of benzene rings is 1. The molecule has 1 aromatic rings. The number of nitrogens with zero attached hydrogens (tertiary/aromatic N) is 1. The first-order chi connectivity index (χ1) is 11.0. The largest absolute Gasteiger partial charge is 0.384 e. The van der Waals surface area contributed by atoms with Crippen molar-refractivity contribution in [1.29, 1.82) is 0 Å². The summed E-state index contributed by atoms with van der Waals surface area (Å²) in [7, 11) is 1.71. The Bertz CT molecular complexity index is 645. The first-order valence-electron chi connectivity index (χ1n) is 7.27. The van der Waals surface area contributed by atoms with Gasteiger partial charge in [-0.1, -0.05) is 29.8 Å². The first-order valence-corrected chi connectivity index (χ1v) is 7.65. The molecule has 0 bridgehead atoms. The minimum Gasteiger partial charge on any atom is -0.384 e. The molecular weight excluding hydrogens is 311 g/mol. The first kappa shape index (κ1) is 18.9. The Labute approximate surface area is 142 Å². The zero-order chi connectivity index (χ0) is 17.2. The third-order valence-corrected chi connectivity index (χ3v) is 3.42. The molecule has 0 aliphatic rings. The Kier molecular flexibility index (Phi) is 8.06. The van der Waals surface area contributed by atoms with E-state index in [1.807, 2.05) is 31.4 Å². The summed E-state index contributed by atoms with van der Waals surface area (Å²) in [5.41, 5.74) is 2.66. The minimum atomic E-state index is -0.436. The molecule has 1 N–H and O–H groups in total. The summed E-state index contributed by atoms with van der Waals surface area (Å²) < 4.78 is 13.4. The molecule has 0 saturated carbocycles. The van der Waals surface area contributed by atoms with Gasteiger partial charge in [-0.3, -0.25) is 4.99 Å². The van der Waals surface area contributed by atoms with Crippen LogP contribution in [0.5, 0.6) is 0 Å². The van der Waals surface area contributed by atoms with Crippen molar-refractivity contribution in [1.82, 2.24) is 5.32 Å². The summed E-state index contributed by atoms with van der Waals surface area (Å²) >= 11 is 5.90. The molecule has 122 valence electrons. The van der Waals surface area contributed by atoms with E-state index in [1.165, 1.54) is 6.07 Å². The van der Waals surface area contributed by atoms with Crippen LogP contribution in [0, 0.1) is 5.82 Å². The summed E-state index contributed by atoms with van der Waals surface area (Å²) in [5.74, 6) is -0.436. The van der Waals surface area contributed by atoms with E-state index in [0.29, 0.717) is 0 Å². The van der Waals surface area contributed by atoms with E-state index in [1.54, 1.807) is 25.4 Å². The zero-order valence-corrected chi connectivity index (χ0v) is 14.3. The van der Waals surface area contributed by atoms with Crippen molar-refractivity contribution in [3.63, 3.8) is 0 Å². The van der Waals surface area contributed by atoms with Crippen LogP contribution in [0.3, 0.4) is 0 Å². The lowest BCUT2D eigenvalue weighted by Crippen LogP contribution is -2.21. The van der Waals surface area contributed by atoms with Crippen LogP contribution in [-0.4, -0.2) is 19.3 Å². The second kappa shape index (κ2) is 9.80. The van der Waals surface area contributed by atoms with Gasteiger partial charge in [0.25, 0.3) is 0 Å². The Morgan fingerprint density at radius 2 is 2.17 bits per heavy atom. The molecule has 0 aromatic heterocycles.